The molecule has 1 fully saturated rings. The van der Waals surface area contributed by atoms with Crippen LogP contribution < -0.4 is 9.80 Å². The molecule has 8 heteroatoms. The van der Waals surface area contributed by atoms with Gasteiger partial charge in [-0.3, -0.25) is 5.10 Å². The van der Waals surface area contributed by atoms with Crippen molar-refractivity contribution < 1.29 is 0 Å². The van der Waals surface area contributed by atoms with Crippen molar-refractivity contribution in [3.63, 3.8) is 0 Å². The monoisotopic (exact) mass is 362 g/mol. The van der Waals surface area contributed by atoms with E-state index in [2.05, 4.69) is 30.0 Å². The SMILES string of the molecule is Clc1ccc(N2CCCN(c3ncnc4[nH]ncc34)CC2)cc1Cl. The zero-order valence-corrected chi connectivity index (χ0v) is 14.4. The van der Waals surface area contributed by atoms with E-state index >= 15 is 0 Å². The number of fused-ring (bicyclic) bond motifs is 1. The summed E-state index contributed by atoms with van der Waals surface area (Å²) in [6.07, 6.45) is 4.40. The van der Waals surface area contributed by atoms with Crippen LogP contribution in [0.15, 0.2) is 30.7 Å². The second kappa shape index (κ2) is 6.45. The zero-order valence-electron chi connectivity index (χ0n) is 12.9. The molecule has 0 amide bonds. The summed E-state index contributed by atoms with van der Waals surface area (Å²) in [5.41, 5.74) is 1.87. The summed E-state index contributed by atoms with van der Waals surface area (Å²) in [6.45, 7) is 3.67. The maximum absolute atomic E-state index is 6.15. The Morgan fingerprint density at radius 3 is 2.67 bits per heavy atom. The minimum atomic E-state index is 0.584. The molecule has 0 unspecified atom stereocenters. The van der Waals surface area contributed by atoms with E-state index in [9.17, 15) is 0 Å². The van der Waals surface area contributed by atoms with Crippen molar-refractivity contribution in [1.29, 1.82) is 0 Å². The molecule has 1 aliphatic heterocycles. The molecule has 0 bridgehead atoms. The largest absolute Gasteiger partial charge is 0.370 e. The van der Waals surface area contributed by atoms with Crippen LogP contribution in [0, 0.1) is 0 Å². The van der Waals surface area contributed by atoms with Gasteiger partial charge in [-0.15, -0.1) is 0 Å². The molecule has 1 aromatic carbocycles. The minimum absolute atomic E-state index is 0.584. The van der Waals surface area contributed by atoms with Gasteiger partial charge < -0.3 is 9.80 Å². The van der Waals surface area contributed by atoms with Gasteiger partial charge in [0.1, 0.15) is 12.1 Å². The van der Waals surface area contributed by atoms with Crippen LogP contribution in [-0.4, -0.2) is 46.3 Å². The van der Waals surface area contributed by atoms with Gasteiger partial charge in [0.2, 0.25) is 0 Å². The van der Waals surface area contributed by atoms with Crippen molar-refractivity contribution in [1.82, 2.24) is 20.2 Å². The van der Waals surface area contributed by atoms with Crippen LogP contribution in [-0.2, 0) is 0 Å². The Kier molecular flexibility index (Phi) is 4.16. The number of aromatic amines is 1. The first-order chi connectivity index (χ1) is 11.7. The zero-order chi connectivity index (χ0) is 16.5. The standard InChI is InChI=1S/C16H16Cl2N6/c17-13-3-2-11(8-14(13)18)23-4-1-5-24(7-6-23)16-12-9-21-22-15(12)19-10-20-16/h2-3,8-10H,1,4-7H2,(H,19,20,21,22). The highest BCUT2D eigenvalue weighted by Crippen LogP contribution is 2.28. The predicted molar refractivity (Wildman–Crippen MR) is 97.2 cm³/mol. The highest BCUT2D eigenvalue weighted by molar-refractivity contribution is 6.42. The number of aromatic nitrogens is 4. The fourth-order valence-electron chi connectivity index (χ4n) is 3.07. The van der Waals surface area contributed by atoms with E-state index in [4.69, 9.17) is 23.2 Å². The lowest BCUT2D eigenvalue weighted by atomic mass is 10.2. The van der Waals surface area contributed by atoms with Gasteiger partial charge >= 0.3 is 0 Å². The molecule has 0 spiro atoms. The number of halogens is 2. The molecule has 1 saturated heterocycles. The maximum atomic E-state index is 6.15. The summed E-state index contributed by atoms with van der Waals surface area (Å²) in [6, 6.07) is 5.79. The Bertz CT molecular complexity index is 865. The van der Waals surface area contributed by atoms with E-state index in [-0.39, 0.29) is 0 Å². The van der Waals surface area contributed by atoms with Crippen LogP contribution in [0.1, 0.15) is 6.42 Å². The molecule has 24 heavy (non-hydrogen) atoms. The number of hydrogen-bond donors (Lipinski definition) is 1. The molecule has 6 nitrogen and oxygen atoms in total. The van der Waals surface area contributed by atoms with Crippen molar-refractivity contribution >= 4 is 45.7 Å². The van der Waals surface area contributed by atoms with Crippen LogP contribution in [0.2, 0.25) is 10.0 Å². The van der Waals surface area contributed by atoms with Gasteiger partial charge in [-0.2, -0.15) is 5.10 Å². The molecule has 3 heterocycles. The van der Waals surface area contributed by atoms with E-state index in [1.54, 1.807) is 12.5 Å². The lowest BCUT2D eigenvalue weighted by Crippen LogP contribution is -2.31. The van der Waals surface area contributed by atoms with Gasteiger partial charge in [0.05, 0.1) is 21.6 Å². The summed E-state index contributed by atoms with van der Waals surface area (Å²) in [5, 5.41) is 9.10. The van der Waals surface area contributed by atoms with Crippen LogP contribution in [0.5, 0.6) is 0 Å². The highest BCUT2D eigenvalue weighted by Gasteiger charge is 2.19. The molecule has 2 aromatic heterocycles. The van der Waals surface area contributed by atoms with Crippen molar-refractivity contribution in [2.75, 3.05) is 36.0 Å². The second-order valence-corrected chi connectivity index (χ2v) is 6.57. The molecule has 4 rings (SSSR count). The average Bonchev–Trinajstić information content (AvgIpc) is 2.94. The number of nitrogens with zero attached hydrogens (tertiary/aromatic N) is 5. The first-order valence-corrected chi connectivity index (χ1v) is 8.57. The Hall–Kier alpha value is -2.05. The summed E-state index contributed by atoms with van der Waals surface area (Å²) < 4.78 is 0. The first kappa shape index (κ1) is 15.5. The van der Waals surface area contributed by atoms with Crippen LogP contribution in [0.3, 0.4) is 0 Å². The van der Waals surface area contributed by atoms with E-state index in [1.807, 2.05) is 18.2 Å². The fourth-order valence-corrected chi connectivity index (χ4v) is 3.37. The number of rotatable bonds is 2. The third-order valence-electron chi connectivity index (χ3n) is 4.29. The molecular weight excluding hydrogens is 347 g/mol. The summed E-state index contributed by atoms with van der Waals surface area (Å²) >= 11 is 12.2. The van der Waals surface area contributed by atoms with Gasteiger partial charge in [-0.1, -0.05) is 23.2 Å². The lowest BCUT2D eigenvalue weighted by Gasteiger charge is -2.24. The van der Waals surface area contributed by atoms with E-state index in [1.165, 1.54) is 0 Å². The summed E-state index contributed by atoms with van der Waals surface area (Å²) in [5.74, 6) is 0.935. The predicted octanol–water partition coefficient (Wildman–Crippen LogP) is 3.38. The Morgan fingerprint density at radius 2 is 1.79 bits per heavy atom. The third-order valence-corrected chi connectivity index (χ3v) is 5.03. The molecule has 0 atom stereocenters. The third kappa shape index (κ3) is 2.87. The minimum Gasteiger partial charge on any atom is -0.370 e. The number of benzene rings is 1. The number of hydrogen-bond acceptors (Lipinski definition) is 5. The van der Waals surface area contributed by atoms with E-state index in [0.717, 1.165) is 55.1 Å². The molecule has 3 aromatic rings. The quantitative estimate of drug-likeness (QED) is 0.757. The molecule has 124 valence electrons. The highest BCUT2D eigenvalue weighted by atomic mass is 35.5. The Morgan fingerprint density at radius 1 is 0.958 bits per heavy atom. The van der Waals surface area contributed by atoms with Gasteiger partial charge in [0.25, 0.3) is 0 Å². The van der Waals surface area contributed by atoms with Crippen molar-refractivity contribution in [3.8, 4) is 0 Å². The lowest BCUT2D eigenvalue weighted by molar-refractivity contribution is 0.799. The van der Waals surface area contributed by atoms with Gasteiger partial charge in [0.15, 0.2) is 5.65 Å². The molecule has 0 aliphatic carbocycles. The smallest absolute Gasteiger partial charge is 0.160 e. The molecule has 0 radical (unpaired) electrons. The number of nitrogens with one attached hydrogen (secondary N) is 1. The molecule has 0 saturated carbocycles. The summed E-state index contributed by atoms with van der Waals surface area (Å²) in [4.78, 5) is 13.3. The van der Waals surface area contributed by atoms with Crippen molar-refractivity contribution in [3.05, 3.63) is 40.8 Å². The van der Waals surface area contributed by atoms with Crippen molar-refractivity contribution in [2.45, 2.75) is 6.42 Å². The normalized spacial score (nSPS) is 15.8. The Balaban J connectivity index is 1.56. The average molecular weight is 363 g/mol. The Labute approximate surface area is 149 Å². The molecule has 1 N–H and O–H groups in total. The van der Waals surface area contributed by atoms with Crippen LogP contribution >= 0.6 is 23.2 Å². The maximum Gasteiger partial charge on any atom is 0.160 e. The topological polar surface area (TPSA) is 60.9 Å². The van der Waals surface area contributed by atoms with E-state index < -0.39 is 0 Å². The summed E-state index contributed by atoms with van der Waals surface area (Å²) in [7, 11) is 0. The number of H-pyrrole nitrogens is 1. The van der Waals surface area contributed by atoms with Crippen LogP contribution in [0.4, 0.5) is 11.5 Å². The molecular formula is C16H16Cl2N6. The first-order valence-electron chi connectivity index (χ1n) is 7.81. The second-order valence-electron chi connectivity index (χ2n) is 5.76. The van der Waals surface area contributed by atoms with Gasteiger partial charge in [-0.25, -0.2) is 9.97 Å². The van der Waals surface area contributed by atoms with Crippen molar-refractivity contribution in [2.24, 2.45) is 0 Å². The van der Waals surface area contributed by atoms with Crippen LogP contribution in [0.25, 0.3) is 11.0 Å². The number of anilines is 2. The van der Waals surface area contributed by atoms with Gasteiger partial charge in [0, 0.05) is 31.9 Å². The van der Waals surface area contributed by atoms with E-state index in [0.29, 0.717) is 10.0 Å². The fraction of sp³-hybridized carbons (Fsp3) is 0.312. The molecule has 1 aliphatic rings. The van der Waals surface area contributed by atoms with Gasteiger partial charge in [-0.05, 0) is 24.6 Å².